The highest BCUT2D eigenvalue weighted by Crippen LogP contribution is 2.35. The molecule has 3 N–H and O–H groups in total. The summed E-state index contributed by atoms with van der Waals surface area (Å²) >= 11 is 1.68. The highest BCUT2D eigenvalue weighted by Gasteiger charge is 2.10. The molecule has 0 aliphatic rings. The van der Waals surface area contributed by atoms with Gasteiger partial charge in [0.25, 0.3) is 0 Å². The van der Waals surface area contributed by atoms with Gasteiger partial charge in [0, 0.05) is 16.8 Å². The summed E-state index contributed by atoms with van der Waals surface area (Å²) < 4.78 is 5.58. The minimum atomic E-state index is 0.208. The molecule has 17 heavy (non-hydrogen) atoms. The number of hydrogen-bond donors (Lipinski definition) is 2. The van der Waals surface area contributed by atoms with Gasteiger partial charge in [0.15, 0.2) is 0 Å². The van der Waals surface area contributed by atoms with E-state index in [-0.39, 0.29) is 6.61 Å². The number of benzene rings is 1. The van der Waals surface area contributed by atoms with Gasteiger partial charge in [-0.05, 0) is 25.0 Å². The maximum Gasteiger partial charge on any atom is 0.143 e. The van der Waals surface area contributed by atoms with Crippen molar-refractivity contribution in [3.63, 3.8) is 0 Å². The molecule has 0 radical (unpaired) electrons. The van der Waals surface area contributed by atoms with E-state index in [1.807, 2.05) is 18.2 Å². The second-order valence-corrected chi connectivity index (χ2v) is 5.44. The number of ether oxygens (including phenoxy) is 1. The minimum absolute atomic E-state index is 0.208. The van der Waals surface area contributed by atoms with Gasteiger partial charge in [0.05, 0.1) is 12.3 Å². The lowest BCUT2D eigenvalue weighted by atomic mass is 10.3. The van der Waals surface area contributed by atoms with Crippen molar-refractivity contribution in [2.75, 3.05) is 18.9 Å². The number of aliphatic hydroxyl groups excluding tert-OH is 1. The molecule has 0 saturated heterocycles. The molecule has 1 atom stereocenters. The zero-order valence-corrected chi connectivity index (χ0v) is 11.3. The van der Waals surface area contributed by atoms with Crippen molar-refractivity contribution in [1.82, 2.24) is 0 Å². The fourth-order valence-electron chi connectivity index (χ4n) is 1.42. The molecule has 1 unspecified atom stereocenters. The van der Waals surface area contributed by atoms with Crippen molar-refractivity contribution >= 4 is 17.4 Å². The van der Waals surface area contributed by atoms with Crippen LogP contribution in [0.2, 0.25) is 0 Å². The Morgan fingerprint density at radius 3 is 2.88 bits per heavy atom. The van der Waals surface area contributed by atoms with E-state index in [0.29, 0.717) is 17.5 Å². The van der Waals surface area contributed by atoms with E-state index in [9.17, 15) is 0 Å². The van der Waals surface area contributed by atoms with Crippen molar-refractivity contribution < 1.29 is 9.84 Å². The molecule has 0 aliphatic carbocycles. The van der Waals surface area contributed by atoms with Gasteiger partial charge >= 0.3 is 0 Å². The van der Waals surface area contributed by atoms with E-state index in [4.69, 9.17) is 15.6 Å². The summed E-state index contributed by atoms with van der Waals surface area (Å²) in [5, 5.41) is 9.24. The van der Waals surface area contributed by atoms with Gasteiger partial charge in [0.1, 0.15) is 5.75 Å². The summed E-state index contributed by atoms with van der Waals surface area (Å²) in [6.45, 7) is 5.04. The van der Waals surface area contributed by atoms with Gasteiger partial charge in [-0.3, -0.25) is 0 Å². The summed E-state index contributed by atoms with van der Waals surface area (Å²) in [6.07, 6.45) is 1.74. The second kappa shape index (κ2) is 7.45. The van der Waals surface area contributed by atoms with Crippen LogP contribution in [-0.4, -0.2) is 23.6 Å². The number of thioether (sulfide) groups is 1. The van der Waals surface area contributed by atoms with Crippen molar-refractivity contribution in [1.29, 1.82) is 0 Å². The quantitative estimate of drug-likeness (QED) is 0.581. The van der Waals surface area contributed by atoms with Crippen molar-refractivity contribution in [3.8, 4) is 5.75 Å². The molecule has 4 heteroatoms. The molecule has 0 heterocycles. The zero-order valence-electron chi connectivity index (χ0n) is 10.5. The third-order valence-corrected chi connectivity index (χ3v) is 3.60. The number of anilines is 1. The topological polar surface area (TPSA) is 55.5 Å². The Hall–Kier alpha value is -0.870. The first-order chi connectivity index (χ1) is 8.19. The summed E-state index contributed by atoms with van der Waals surface area (Å²) in [6, 6.07) is 5.84. The molecule has 0 fully saturated rings. The van der Waals surface area contributed by atoms with Crippen LogP contribution in [0.1, 0.15) is 26.7 Å². The molecule has 0 bridgehead atoms. The van der Waals surface area contributed by atoms with Crippen LogP contribution in [-0.2, 0) is 0 Å². The molecule has 96 valence electrons. The fraction of sp³-hybridized carbons (Fsp3) is 0.538. The van der Waals surface area contributed by atoms with E-state index < -0.39 is 0 Å². The van der Waals surface area contributed by atoms with Gasteiger partial charge in [-0.2, -0.15) is 0 Å². The monoisotopic (exact) mass is 255 g/mol. The molecule has 0 aromatic heterocycles. The van der Waals surface area contributed by atoms with Crippen LogP contribution in [0, 0.1) is 0 Å². The molecule has 0 saturated carbocycles. The Morgan fingerprint density at radius 2 is 2.24 bits per heavy atom. The largest absolute Gasteiger partial charge is 0.491 e. The van der Waals surface area contributed by atoms with Gasteiger partial charge in [-0.15, -0.1) is 11.8 Å². The Bertz CT molecular complexity index is 344. The maximum atomic E-state index is 8.89. The fourth-order valence-corrected chi connectivity index (χ4v) is 2.46. The summed E-state index contributed by atoms with van der Waals surface area (Å²) in [7, 11) is 0. The van der Waals surface area contributed by atoms with E-state index >= 15 is 0 Å². The molecular weight excluding hydrogens is 234 g/mol. The lowest BCUT2D eigenvalue weighted by molar-refractivity contribution is 0.289. The molecule has 3 nitrogen and oxygen atoms in total. The van der Waals surface area contributed by atoms with Crippen molar-refractivity contribution in [3.05, 3.63) is 18.2 Å². The summed E-state index contributed by atoms with van der Waals surface area (Å²) in [5.74, 6) is 0.757. The lowest BCUT2D eigenvalue weighted by Crippen LogP contribution is -2.03. The Morgan fingerprint density at radius 1 is 1.47 bits per heavy atom. The number of hydrogen-bond acceptors (Lipinski definition) is 4. The third-order valence-electron chi connectivity index (χ3n) is 2.35. The highest BCUT2D eigenvalue weighted by molar-refractivity contribution is 8.00. The summed E-state index contributed by atoms with van der Waals surface area (Å²) in [4.78, 5) is 1.03. The molecule has 0 amide bonds. The molecule has 1 rings (SSSR count). The van der Waals surface area contributed by atoms with Crippen LogP contribution >= 0.6 is 11.8 Å². The normalized spacial score (nSPS) is 12.4. The van der Waals surface area contributed by atoms with Gasteiger partial charge in [-0.25, -0.2) is 0 Å². The lowest BCUT2D eigenvalue weighted by Gasteiger charge is -2.14. The van der Waals surface area contributed by atoms with Crippen LogP contribution in [0.4, 0.5) is 5.69 Å². The molecular formula is C13H21NO2S. The standard InChI is InChI=1S/C13H21NO2S/c1-3-9-16-11-5-4-6-12(13(11)14)17-10(2)7-8-15/h4-6,10,15H,3,7-9,14H2,1-2H3. The van der Waals surface area contributed by atoms with Gasteiger partial charge in [-0.1, -0.05) is 19.9 Å². The number of nitrogen functional groups attached to an aromatic ring is 1. The molecule has 0 aliphatic heterocycles. The maximum absolute atomic E-state index is 8.89. The van der Waals surface area contributed by atoms with Crippen LogP contribution in [0.5, 0.6) is 5.75 Å². The van der Waals surface area contributed by atoms with E-state index in [1.54, 1.807) is 11.8 Å². The molecule has 1 aromatic rings. The number of para-hydroxylation sites is 1. The van der Waals surface area contributed by atoms with E-state index in [1.165, 1.54) is 0 Å². The Labute approximate surface area is 107 Å². The number of nitrogens with two attached hydrogens (primary N) is 1. The van der Waals surface area contributed by atoms with Crippen molar-refractivity contribution in [2.24, 2.45) is 0 Å². The van der Waals surface area contributed by atoms with Crippen LogP contribution < -0.4 is 10.5 Å². The van der Waals surface area contributed by atoms with Gasteiger partial charge < -0.3 is 15.6 Å². The number of rotatable bonds is 7. The van der Waals surface area contributed by atoms with Crippen LogP contribution in [0.25, 0.3) is 0 Å². The van der Waals surface area contributed by atoms with Crippen molar-refractivity contribution in [2.45, 2.75) is 36.8 Å². The predicted octanol–water partition coefficient (Wildman–Crippen LogP) is 2.92. The molecule has 0 spiro atoms. The van der Waals surface area contributed by atoms with E-state index in [2.05, 4.69) is 13.8 Å². The summed E-state index contributed by atoms with van der Waals surface area (Å²) in [5.41, 5.74) is 6.76. The average Bonchev–Trinajstić information content (AvgIpc) is 2.30. The highest BCUT2D eigenvalue weighted by atomic mass is 32.2. The van der Waals surface area contributed by atoms with Crippen LogP contribution in [0.15, 0.2) is 23.1 Å². The van der Waals surface area contributed by atoms with Gasteiger partial charge in [0.2, 0.25) is 0 Å². The smallest absolute Gasteiger partial charge is 0.143 e. The predicted molar refractivity (Wildman–Crippen MR) is 73.7 cm³/mol. The average molecular weight is 255 g/mol. The third kappa shape index (κ3) is 4.48. The first-order valence-corrected chi connectivity index (χ1v) is 6.85. The first kappa shape index (κ1) is 14.2. The van der Waals surface area contributed by atoms with E-state index in [0.717, 1.165) is 23.5 Å². The molecule has 1 aromatic carbocycles. The second-order valence-electron chi connectivity index (χ2n) is 3.96. The number of aliphatic hydroxyl groups is 1. The van der Waals surface area contributed by atoms with Crippen LogP contribution in [0.3, 0.4) is 0 Å². The zero-order chi connectivity index (χ0) is 12.7. The SMILES string of the molecule is CCCOc1cccc(SC(C)CCO)c1N. The minimum Gasteiger partial charge on any atom is -0.491 e. The Kier molecular flexibility index (Phi) is 6.22. The Balaban J connectivity index is 2.72. The first-order valence-electron chi connectivity index (χ1n) is 5.97.